The van der Waals surface area contributed by atoms with Gasteiger partial charge < -0.3 is 14.7 Å². The molecule has 0 aliphatic rings. The molecule has 2 N–H and O–H groups in total. The number of aromatic nitrogens is 2. The molecular formula is C5H9BN2O3. The van der Waals surface area contributed by atoms with Crippen molar-refractivity contribution < 1.29 is 14.7 Å². The summed E-state index contributed by atoms with van der Waals surface area (Å²) in [7, 11) is -0.130. The lowest BCUT2D eigenvalue weighted by molar-refractivity contribution is 0.277. The molecule has 1 aromatic heterocycles. The minimum Gasteiger partial charge on any atom is -0.498 e. The summed E-state index contributed by atoms with van der Waals surface area (Å²) in [6, 6.07) is 1.61. The molecule has 0 saturated heterocycles. The third-order valence-corrected chi connectivity index (χ3v) is 1.19. The van der Waals surface area contributed by atoms with Crippen LogP contribution in [0.25, 0.3) is 0 Å². The lowest BCUT2D eigenvalue weighted by Crippen LogP contribution is -2.21. The molecule has 6 heteroatoms. The van der Waals surface area contributed by atoms with Crippen molar-refractivity contribution in [2.24, 2.45) is 7.05 Å². The minimum absolute atomic E-state index is 0.331. The van der Waals surface area contributed by atoms with Gasteiger partial charge in [0.1, 0.15) is 0 Å². The monoisotopic (exact) mass is 156 g/mol. The third kappa shape index (κ3) is 1.96. The Hall–Kier alpha value is -1.01. The van der Waals surface area contributed by atoms with Crippen LogP contribution in [-0.2, 0) is 7.05 Å². The summed E-state index contributed by atoms with van der Waals surface area (Å²) in [4.78, 5) is 0. The van der Waals surface area contributed by atoms with Crippen LogP contribution in [0.1, 0.15) is 5.69 Å². The molecule has 5 nitrogen and oxygen atoms in total. The lowest BCUT2D eigenvalue weighted by atomic mass is 10.3. The number of rotatable bonds is 2. The Labute approximate surface area is 64.4 Å². The van der Waals surface area contributed by atoms with Gasteiger partial charge in [-0.2, -0.15) is 5.10 Å². The quantitative estimate of drug-likeness (QED) is 0.543. The summed E-state index contributed by atoms with van der Waals surface area (Å²) in [5.41, 5.74) is 0.767. The van der Waals surface area contributed by atoms with Crippen molar-refractivity contribution in [1.82, 2.24) is 9.78 Å². The van der Waals surface area contributed by atoms with Crippen molar-refractivity contribution in [3.8, 4) is 5.88 Å². The maximum Gasteiger partial charge on any atom is 0.708 e. The summed E-state index contributed by atoms with van der Waals surface area (Å²) < 4.78 is 6.00. The Morgan fingerprint density at radius 1 is 1.64 bits per heavy atom. The maximum absolute atomic E-state index is 8.43. The number of aryl methyl sites for hydroxylation is 2. The van der Waals surface area contributed by atoms with E-state index in [1.807, 2.05) is 0 Å². The van der Waals surface area contributed by atoms with Crippen LogP contribution in [0, 0.1) is 6.92 Å². The first-order chi connectivity index (χ1) is 5.09. The van der Waals surface area contributed by atoms with Gasteiger partial charge in [-0.15, -0.1) is 0 Å². The highest BCUT2D eigenvalue weighted by Crippen LogP contribution is 2.10. The number of hydrogen-bond donors (Lipinski definition) is 2. The van der Waals surface area contributed by atoms with Gasteiger partial charge in [0, 0.05) is 13.1 Å². The molecule has 0 fully saturated rings. The van der Waals surface area contributed by atoms with Gasteiger partial charge in [-0.05, 0) is 6.92 Å². The highest BCUT2D eigenvalue weighted by Gasteiger charge is 2.13. The lowest BCUT2D eigenvalue weighted by Gasteiger charge is -2.02. The van der Waals surface area contributed by atoms with E-state index >= 15 is 0 Å². The zero-order valence-corrected chi connectivity index (χ0v) is 6.35. The van der Waals surface area contributed by atoms with Crippen LogP contribution in [0.5, 0.6) is 5.88 Å². The number of hydrogen-bond acceptors (Lipinski definition) is 4. The van der Waals surface area contributed by atoms with Gasteiger partial charge in [0.2, 0.25) is 0 Å². The van der Waals surface area contributed by atoms with Gasteiger partial charge in [-0.25, -0.2) is 4.68 Å². The van der Waals surface area contributed by atoms with E-state index in [0.717, 1.165) is 5.69 Å². The van der Waals surface area contributed by atoms with Crippen molar-refractivity contribution in [1.29, 1.82) is 0 Å². The highest BCUT2D eigenvalue weighted by atomic mass is 16.6. The fourth-order valence-corrected chi connectivity index (χ4v) is 0.805. The van der Waals surface area contributed by atoms with Crippen molar-refractivity contribution in [3.05, 3.63) is 11.8 Å². The molecule has 0 atom stereocenters. The first-order valence-corrected chi connectivity index (χ1v) is 3.13. The summed E-state index contributed by atoms with van der Waals surface area (Å²) in [6.45, 7) is 1.79. The van der Waals surface area contributed by atoms with Crippen LogP contribution in [0.4, 0.5) is 0 Å². The smallest absolute Gasteiger partial charge is 0.498 e. The van der Waals surface area contributed by atoms with Crippen LogP contribution < -0.4 is 4.65 Å². The highest BCUT2D eigenvalue weighted by molar-refractivity contribution is 6.33. The standard InChI is InChI=1S/C5H9BN2O3/c1-4-3-5(8(2)7-4)11-6(9)10/h3,9-10H,1-2H3. The van der Waals surface area contributed by atoms with Crippen molar-refractivity contribution in [2.45, 2.75) is 6.92 Å². The third-order valence-electron chi connectivity index (χ3n) is 1.19. The maximum atomic E-state index is 8.43. The number of nitrogens with zero attached hydrogens (tertiary/aromatic N) is 2. The van der Waals surface area contributed by atoms with Crippen molar-refractivity contribution in [2.75, 3.05) is 0 Å². The van der Waals surface area contributed by atoms with Crippen LogP contribution in [-0.4, -0.2) is 27.1 Å². The van der Waals surface area contributed by atoms with E-state index in [4.69, 9.17) is 10.0 Å². The molecule has 0 amide bonds. The molecular weight excluding hydrogens is 147 g/mol. The van der Waals surface area contributed by atoms with E-state index in [0.29, 0.717) is 5.88 Å². The van der Waals surface area contributed by atoms with Gasteiger partial charge in [-0.1, -0.05) is 0 Å². The Kier molecular flexibility index (Phi) is 2.16. The molecule has 0 aromatic carbocycles. The van der Waals surface area contributed by atoms with Crippen LogP contribution in [0.15, 0.2) is 6.07 Å². The van der Waals surface area contributed by atoms with Crippen molar-refractivity contribution in [3.63, 3.8) is 0 Å². The molecule has 0 aliphatic heterocycles. The van der Waals surface area contributed by atoms with E-state index in [1.54, 1.807) is 20.0 Å². The molecule has 0 unspecified atom stereocenters. The molecule has 0 spiro atoms. The van der Waals surface area contributed by atoms with Crippen molar-refractivity contribution >= 4 is 7.32 Å². The fraction of sp³-hybridized carbons (Fsp3) is 0.400. The summed E-state index contributed by atoms with van der Waals surface area (Å²) in [6.07, 6.45) is 0. The van der Waals surface area contributed by atoms with E-state index in [1.165, 1.54) is 4.68 Å². The van der Waals surface area contributed by atoms with E-state index < -0.39 is 7.32 Å². The molecule has 11 heavy (non-hydrogen) atoms. The summed E-state index contributed by atoms with van der Waals surface area (Å²) in [5, 5.41) is 20.8. The molecule has 0 radical (unpaired) electrons. The predicted octanol–water partition coefficient (Wildman–Crippen LogP) is -0.923. The Balaban J connectivity index is 2.77. The minimum atomic E-state index is -1.79. The SMILES string of the molecule is Cc1cc(OB(O)O)n(C)n1. The Morgan fingerprint density at radius 3 is 2.64 bits per heavy atom. The van der Waals surface area contributed by atoms with Gasteiger partial charge in [0.25, 0.3) is 0 Å². The zero-order chi connectivity index (χ0) is 8.43. The normalized spacial score (nSPS) is 9.82. The van der Waals surface area contributed by atoms with Crippen LogP contribution in [0.3, 0.4) is 0 Å². The molecule has 0 saturated carbocycles. The average molecular weight is 156 g/mol. The van der Waals surface area contributed by atoms with Crippen LogP contribution in [0.2, 0.25) is 0 Å². The largest absolute Gasteiger partial charge is 0.708 e. The predicted molar refractivity (Wildman–Crippen MR) is 38.8 cm³/mol. The summed E-state index contributed by atoms with van der Waals surface area (Å²) in [5.74, 6) is 0.331. The second-order valence-corrected chi connectivity index (χ2v) is 2.19. The summed E-state index contributed by atoms with van der Waals surface area (Å²) >= 11 is 0. The Bertz CT molecular complexity index is 248. The van der Waals surface area contributed by atoms with E-state index in [2.05, 4.69) is 9.75 Å². The van der Waals surface area contributed by atoms with Crippen LogP contribution >= 0.6 is 0 Å². The van der Waals surface area contributed by atoms with E-state index in [-0.39, 0.29) is 0 Å². The Morgan fingerprint density at radius 2 is 2.27 bits per heavy atom. The molecule has 0 bridgehead atoms. The van der Waals surface area contributed by atoms with Gasteiger partial charge in [0.15, 0.2) is 5.88 Å². The van der Waals surface area contributed by atoms with E-state index in [9.17, 15) is 0 Å². The fourth-order valence-electron chi connectivity index (χ4n) is 0.805. The van der Waals surface area contributed by atoms with Gasteiger partial charge >= 0.3 is 7.32 Å². The first-order valence-electron chi connectivity index (χ1n) is 3.13. The zero-order valence-electron chi connectivity index (χ0n) is 6.35. The second kappa shape index (κ2) is 2.94. The molecule has 0 aliphatic carbocycles. The van der Waals surface area contributed by atoms with Gasteiger partial charge in [0.05, 0.1) is 5.69 Å². The molecule has 60 valence electrons. The topological polar surface area (TPSA) is 67.5 Å². The first kappa shape index (κ1) is 8.09. The average Bonchev–Trinajstić information content (AvgIpc) is 2.09. The second-order valence-electron chi connectivity index (χ2n) is 2.19. The van der Waals surface area contributed by atoms with Gasteiger partial charge in [-0.3, -0.25) is 0 Å². The molecule has 1 heterocycles. The molecule has 1 aromatic rings. The molecule has 1 rings (SSSR count).